The van der Waals surface area contributed by atoms with Gasteiger partial charge in [0, 0.05) is 6.04 Å². The molecule has 8 nitrogen and oxygen atoms in total. The van der Waals surface area contributed by atoms with E-state index >= 15 is 0 Å². The van der Waals surface area contributed by atoms with Crippen molar-refractivity contribution in [2.75, 3.05) is 20.3 Å². The molecule has 0 bridgehead atoms. The monoisotopic (exact) mass is 392 g/mol. The van der Waals surface area contributed by atoms with Crippen LogP contribution in [-0.4, -0.2) is 44.3 Å². The highest BCUT2D eigenvalue weighted by Crippen LogP contribution is 2.28. The molecule has 0 aromatic heterocycles. The first-order chi connectivity index (χ1) is 13.4. The van der Waals surface area contributed by atoms with Crippen LogP contribution in [0.2, 0.25) is 0 Å². The SMILES string of the molecule is CCOc1ccc(C(=O)OCC(=O)NC(=O)N[C@@H]2CCCC[C@@H]2C)cc1OC. The summed E-state index contributed by atoms with van der Waals surface area (Å²) < 4.78 is 15.5. The fraction of sp³-hybridized carbons (Fsp3) is 0.550. The van der Waals surface area contributed by atoms with Gasteiger partial charge in [0.15, 0.2) is 18.1 Å². The van der Waals surface area contributed by atoms with Crippen molar-refractivity contribution in [3.8, 4) is 11.5 Å². The zero-order chi connectivity index (χ0) is 20.5. The number of urea groups is 1. The van der Waals surface area contributed by atoms with E-state index < -0.39 is 24.5 Å². The van der Waals surface area contributed by atoms with Crippen LogP contribution in [-0.2, 0) is 9.53 Å². The lowest BCUT2D eigenvalue weighted by atomic mass is 9.86. The summed E-state index contributed by atoms with van der Waals surface area (Å²) in [6.45, 7) is 3.83. The Labute approximate surface area is 164 Å². The van der Waals surface area contributed by atoms with Gasteiger partial charge in [-0.15, -0.1) is 0 Å². The van der Waals surface area contributed by atoms with Crippen molar-refractivity contribution < 1.29 is 28.6 Å². The summed E-state index contributed by atoms with van der Waals surface area (Å²) in [5.74, 6) is -0.110. The molecule has 1 aromatic rings. The zero-order valence-corrected chi connectivity index (χ0v) is 16.6. The third-order valence-corrected chi connectivity index (χ3v) is 4.71. The number of benzene rings is 1. The second-order valence-electron chi connectivity index (χ2n) is 6.76. The maximum Gasteiger partial charge on any atom is 0.338 e. The summed E-state index contributed by atoms with van der Waals surface area (Å²) >= 11 is 0. The average molecular weight is 392 g/mol. The minimum Gasteiger partial charge on any atom is -0.493 e. The van der Waals surface area contributed by atoms with Crippen LogP contribution < -0.4 is 20.1 Å². The predicted molar refractivity (Wildman–Crippen MR) is 103 cm³/mol. The quantitative estimate of drug-likeness (QED) is 0.692. The van der Waals surface area contributed by atoms with E-state index in [1.807, 2.05) is 6.92 Å². The highest BCUT2D eigenvalue weighted by molar-refractivity contribution is 5.97. The summed E-state index contributed by atoms with van der Waals surface area (Å²) in [6.07, 6.45) is 4.18. The molecule has 0 unspecified atom stereocenters. The normalized spacial score (nSPS) is 18.7. The third kappa shape index (κ3) is 6.14. The smallest absolute Gasteiger partial charge is 0.338 e. The Balaban J connectivity index is 1.81. The van der Waals surface area contributed by atoms with Crippen molar-refractivity contribution in [2.45, 2.75) is 45.6 Å². The van der Waals surface area contributed by atoms with Crippen molar-refractivity contribution in [3.05, 3.63) is 23.8 Å². The molecule has 154 valence electrons. The number of carbonyl (C=O) groups excluding carboxylic acids is 3. The van der Waals surface area contributed by atoms with E-state index in [9.17, 15) is 14.4 Å². The maximum absolute atomic E-state index is 12.1. The molecule has 0 saturated heterocycles. The van der Waals surface area contributed by atoms with Crippen molar-refractivity contribution >= 4 is 17.9 Å². The van der Waals surface area contributed by atoms with E-state index in [4.69, 9.17) is 14.2 Å². The maximum atomic E-state index is 12.1. The van der Waals surface area contributed by atoms with E-state index in [1.54, 1.807) is 6.07 Å². The molecule has 8 heteroatoms. The number of imide groups is 1. The Morgan fingerprint density at radius 1 is 1.14 bits per heavy atom. The van der Waals surface area contributed by atoms with Gasteiger partial charge in [-0.3, -0.25) is 10.1 Å². The van der Waals surface area contributed by atoms with Crippen molar-refractivity contribution in [1.29, 1.82) is 0 Å². The second-order valence-corrected chi connectivity index (χ2v) is 6.76. The number of carbonyl (C=O) groups is 3. The Morgan fingerprint density at radius 3 is 2.57 bits per heavy atom. The molecule has 2 N–H and O–H groups in total. The van der Waals surface area contributed by atoms with Crippen molar-refractivity contribution in [3.63, 3.8) is 0 Å². The van der Waals surface area contributed by atoms with Crippen LogP contribution in [0.4, 0.5) is 4.79 Å². The summed E-state index contributed by atoms with van der Waals surface area (Å²) in [4.78, 5) is 36.0. The number of hydrogen-bond donors (Lipinski definition) is 2. The molecule has 1 aromatic carbocycles. The van der Waals surface area contributed by atoms with E-state index in [2.05, 4.69) is 17.6 Å². The first-order valence-corrected chi connectivity index (χ1v) is 9.52. The molecule has 0 aliphatic heterocycles. The number of methoxy groups -OCH3 is 1. The van der Waals surface area contributed by atoms with E-state index in [0.717, 1.165) is 25.7 Å². The van der Waals surface area contributed by atoms with Gasteiger partial charge >= 0.3 is 12.0 Å². The molecule has 2 rings (SSSR count). The standard InChI is InChI=1S/C20H28N2O6/c1-4-27-16-10-9-14(11-17(16)26-3)19(24)28-12-18(23)22-20(25)21-15-8-6-5-7-13(15)2/h9-11,13,15H,4-8,12H2,1-3H3,(H2,21,22,23,25)/t13-,15+/m0/s1. The van der Waals surface area contributed by atoms with Gasteiger partial charge in [0.1, 0.15) is 0 Å². The average Bonchev–Trinajstić information content (AvgIpc) is 2.68. The van der Waals surface area contributed by atoms with Gasteiger partial charge in [-0.2, -0.15) is 0 Å². The molecule has 0 spiro atoms. The number of rotatable bonds is 7. The fourth-order valence-electron chi connectivity index (χ4n) is 3.18. The van der Waals surface area contributed by atoms with Crippen LogP contribution >= 0.6 is 0 Å². The molecular formula is C20H28N2O6. The van der Waals surface area contributed by atoms with Gasteiger partial charge in [-0.1, -0.05) is 19.8 Å². The molecule has 1 saturated carbocycles. The molecule has 28 heavy (non-hydrogen) atoms. The number of amides is 3. The molecule has 1 aliphatic rings. The van der Waals surface area contributed by atoms with Crippen LogP contribution in [0, 0.1) is 5.92 Å². The second kappa shape index (κ2) is 10.5. The van der Waals surface area contributed by atoms with Gasteiger partial charge < -0.3 is 19.5 Å². The van der Waals surface area contributed by atoms with Gasteiger partial charge in [-0.05, 0) is 43.9 Å². The van der Waals surface area contributed by atoms with Gasteiger partial charge in [0.25, 0.3) is 5.91 Å². The predicted octanol–water partition coefficient (Wildman–Crippen LogP) is 2.66. The third-order valence-electron chi connectivity index (χ3n) is 4.71. The van der Waals surface area contributed by atoms with Crippen LogP contribution in [0.15, 0.2) is 18.2 Å². The van der Waals surface area contributed by atoms with E-state index in [1.165, 1.54) is 19.2 Å². The molecule has 1 aliphatic carbocycles. The summed E-state index contributed by atoms with van der Waals surface area (Å²) in [5.41, 5.74) is 0.216. The highest BCUT2D eigenvalue weighted by Gasteiger charge is 2.23. The van der Waals surface area contributed by atoms with E-state index in [-0.39, 0.29) is 11.6 Å². The Morgan fingerprint density at radius 2 is 1.89 bits per heavy atom. The van der Waals surface area contributed by atoms with Gasteiger partial charge in [0.05, 0.1) is 19.3 Å². The summed E-state index contributed by atoms with van der Waals surface area (Å²) in [6, 6.07) is 4.08. The van der Waals surface area contributed by atoms with Crippen LogP contribution in [0.25, 0.3) is 0 Å². The van der Waals surface area contributed by atoms with Crippen LogP contribution in [0.1, 0.15) is 49.9 Å². The zero-order valence-electron chi connectivity index (χ0n) is 16.6. The highest BCUT2D eigenvalue weighted by atomic mass is 16.5. The van der Waals surface area contributed by atoms with Crippen molar-refractivity contribution in [2.24, 2.45) is 5.92 Å². The number of hydrogen-bond acceptors (Lipinski definition) is 6. The minimum absolute atomic E-state index is 0.0559. The number of esters is 1. The minimum atomic E-state index is -0.696. The van der Waals surface area contributed by atoms with Gasteiger partial charge in [-0.25, -0.2) is 9.59 Å². The Kier molecular flexibility index (Phi) is 8.10. The first-order valence-electron chi connectivity index (χ1n) is 9.52. The first kappa shape index (κ1) is 21.5. The number of nitrogens with one attached hydrogen (secondary N) is 2. The molecule has 3 amide bonds. The molecule has 0 heterocycles. The van der Waals surface area contributed by atoms with E-state index in [0.29, 0.717) is 24.0 Å². The summed E-state index contributed by atoms with van der Waals surface area (Å²) in [7, 11) is 1.46. The topological polar surface area (TPSA) is 103 Å². The Bertz CT molecular complexity index is 706. The molecule has 2 atom stereocenters. The van der Waals surface area contributed by atoms with Crippen LogP contribution in [0.5, 0.6) is 11.5 Å². The van der Waals surface area contributed by atoms with Crippen molar-refractivity contribution in [1.82, 2.24) is 10.6 Å². The molecular weight excluding hydrogens is 364 g/mol. The lowest BCUT2D eigenvalue weighted by Gasteiger charge is -2.29. The lowest BCUT2D eigenvalue weighted by molar-refractivity contribution is -0.123. The fourth-order valence-corrected chi connectivity index (χ4v) is 3.18. The van der Waals surface area contributed by atoms with Crippen LogP contribution in [0.3, 0.4) is 0 Å². The molecule has 0 radical (unpaired) electrons. The largest absolute Gasteiger partial charge is 0.493 e. The van der Waals surface area contributed by atoms with Gasteiger partial charge in [0.2, 0.25) is 0 Å². The Hall–Kier alpha value is -2.77. The lowest BCUT2D eigenvalue weighted by Crippen LogP contribution is -2.48. The summed E-state index contributed by atoms with van der Waals surface area (Å²) in [5, 5.41) is 5.00. The molecule has 1 fully saturated rings. The number of ether oxygens (including phenoxy) is 3.